The van der Waals surface area contributed by atoms with Gasteiger partial charge in [-0.15, -0.1) is 0 Å². The summed E-state index contributed by atoms with van der Waals surface area (Å²) in [7, 11) is -2.37. The smallest absolute Gasteiger partial charge is 0.210 e. The number of halogens is 1. The Balaban J connectivity index is 1.89. The second-order valence-electron chi connectivity index (χ2n) is 7.83. The fraction of sp³-hybridized carbons (Fsp3) is 0.0357. The third kappa shape index (κ3) is 4.34. The minimum Gasteiger partial charge on any atom is -0.497 e. The van der Waals surface area contributed by atoms with Crippen LogP contribution in [0.2, 0.25) is 5.02 Å². The molecule has 35 heavy (non-hydrogen) atoms. The van der Waals surface area contributed by atoms with E-state index in [1.807, 2.05) is 42.5 Å². The maximum Gasteiger partial charge on any atom is 0.210 e. The zero-order chi connectivity index (χ0) is 24.4. The van der Waals surface area contributed by atoms with Crippen molar-refractivity contribution in [1.29, 1.82) is 0 Å². The van der Waals surface area contributed by atoms with Crippen LogP contribution in [0.1, 0.15) is 0 Å². The fourth-order valence-electron chi connectivity index (χ4n) is 3.93. The molecule has 0 aliphatic rings. The number of benzene rings is 4. The second kappa shape index (κ2) is 9.41. The van der Waals surface area contributed by atoms with E-state index in [2.05, 4.69) is 0 Å². The lowest BCUT2D eigenvalue weighted by Crippen LogP contribution is -2.06. The Hall–Kier alpha value is -3.87. The number of ether oxygens (including phenoxy) is 1. The summed E-state index contributed by atoms with van der Waals surface area (Å²) in [5.41, 5.74) is 2.89. The van der Waals surface area contributed by atoms with Crippen LogP contribution in [-0.4, -0.2) is 25.3 Å². The lowest BCUT2D eigenvalue weighted by molar-refractivity contribution is 0.415. The molecule has 0 N–H and O–H groups in total. The van der Waals surface area contributed by atoms with Crippen LogP contribution >= 0.6 is 11.6 Å². The zero-order valence-electron chi connectivity index (χ0n) is 18.8. The predicted molar refractivity (Wildman–Crippen MR) is 138 cm³/mol. The van der Waals surface area contributed by atoms with Crippen molar-refractivity contribution in [3.63, 3.8) is 0 Å². The number of hydrogen-bond acceptors (Lipinski definition) is 4. The molecule has 0 bridgehead atoms. The summed E-state index contributed by atoms with van der Waals surface area (Å²) >= 11 is 6.13. The summed E-state index contributed by atoms with van der Waals surface area (Å²) < 4.78 is 35.3. The first-order valence-corrected chi connectivity index (χ1v) is 12.7. The highest BCUT2D eigenvalue weighted by Crippen LogP contribution is 2.40. The first kappa shape index (κ1) is 22.9. The summed E-state index contributed by atoms with van der Waals surface area (Å²) in [4.78, 5) is 0.317. The molecule has 0 atom stereocenters. The SMILES string of the molecule is COc1ccc(-c2c(S(=O)(=O)c3ccccc3)c(-c3ccc(Cl)cc3)nn2-c2ccccc2)cc1. The summed E-state index contributed by atoms with van der Waals surface area (Å²) in [5, 5.41) is 5.41. The molecule has 0 amide bonds. The standard InChI is InChI=1S/C28H21ClN2O3S/c1-34-24-18-14-21(15-19-24)27-28(35(32,33)25-10-6-3-7-11-25)26(20-12-16-22(29)17-13-20)30-31(27)23-8-4-2-5-9-23/h2-19H,1H3. The number of para-hydroxylation sites is 1. The van der Waals surface area contributed by atoms with Gasteiger partial charge < -0.3 is 4.74 Å². The van der Waals surface area contributed by atoms with E-state index in [4.69, 9.17) is 21.4 Å². The molecule has 0 saturated heterocycles. The molecule has 5 rings (SSSR count). The van der Waals surface area contributed by atoms with E-state index in [0.717, 1.165) is 5.69 Å². The van der Waals surface area contributed by atoms with Crippen LogP contribution in [0.15, 0.2) is 119 Å². The molecule has 7 heteroatoms. The third-order valence-electron chi connectivity index (χ3n) is 5.65. The fourth-order valence-corrected chi connectivity index (χ4v) is 5.68. The first-order chi connectivity index (χ1) is 17.0. The van der Waals surface area contributed by atoms with Crippen molar-refractivity contribution >= 4 is 21.4 Å². The van der Waals surface area contributed by atoms with E-state index < -0.39 is 9.84 Å². The monoisotopic (exact) mass is 500 g/mol. The van der Waals surface area contributed by atoms with Crippen molar-refractivity contribution in [2.45, 2.75) is 9.79 Å². The number of hydrogen-bond donors (Lipinski definition) is 0. The second-order valence-corrected chi connectivity index (χ2v) is 10.1. The molecule has 1 aromatic heterocycles. The zero-order valence-corrected chi connectivity index (χ0v) is 20.4. The van der Waals surface area contributed by atoms with Gasteiger partial charge in [0.05, 0.1) is 23.4 Å². The lowest BCUT2D eigenvalue weighted by Gasteiger charge is -2.12. The summed E-state index contributed by atoms with van der Waals surface area (Å²) in [6.07, 6.45) is 0. The van der Waals surface area contributed by atoms with Gasteiger partial charge in [-0.05, 0) is 60.7 Å². The number of sulfone groups is 1. The van der Waals surface area contributed by atoms with Gasteiger partial charge in [0.15, 0.2) is 0 Å². The van der Waals surface area contributed by atoms with E-state index in [0.29, 0.717) is 33.3 Å². The van der Waals surface area contributed by atoms with Crippen molar-refractivity contribution in [2.24, 2.45) is 0 Å². The highest BCUT2D eigenvalue weighted by Gasteiger charge is 2.32. The largest absolute Gasteiger partial charge is 0.497 e. The minimum absolute atomic E-state index is 0.125. The van der Waals surface area contributed by atoms with Crippen molar-refractivity contribution in [3.05, 3.63) is 114 Å². The van der Waals surface area contributed by atoms with Gasteiger partial charge in [0.25, 0.3) is 0 Å². The summed E-state index contributed by atoms with van der Waals surface area (Å²) in [6.45, 7) is 0. The molecule has 4 aromatic carbocycles. The van der Waals surface area contributed by atoms with Crippen LogP contribution in [0.4, 0.5) is 0 Å². The van der Waals surface area contributed by atoms with E-state index in [9.17, 15) is 8.42 Å². The van der Waals surface area contributed by atoms with Gasteiger partial charge in [-0.2, -0.15) is 5.10 Å². The summed E-state index contributed by atoms with van der Waals surface area (Å²) in [5.74, 6) is 0.671. The maximum absolute atomic E-state index is 14.2. The molecule has 0 aliphatic heterocycles. The Morgan fingerprint density at radius 2 is 1.31 bits per heavy atom. The van der Waals surface area contributed by atoms with Crippen LogP contribution in [0, 0.1) is 0 Å². The molecule has 0 aliphatic carbocycles. The topological polar surface area (TPSA) is 61.2 Å². The van der Waals surface area contributed by atoms with E-state index >= 15 is 0 Å². The number of nitrogens with zero attached hydrogens (tertiary/aromatic N) is 2. The normalized spacial score (nSPS) is 11.4. The van der Waals surface area contributed by atoms with Crippen LogP contribution in [0.25, 0.3) is 28.2 Å². The Labute approximate surface area is 209 Å². The van der Waals surface area contributed by atoms with Crippen molar-refractivity contribution in [1.82, 2.24) is 9.78 Å². The quantitative estimate of drug-likeness (QED) is 0.260. The molecule has 0 radical (unpaired) electrons. The Bertz CT molecular complexity index is 1560. The van der Waals surface area contributed by atoms with Gasteiger partial charge in [-0.25, -0.2) is 13.1 Å². The predicted octanol–water partition coefficient (Wildman–Crippen LogP) is 6.70. The Morgan fingerprint density at radius 1 is 0.743 bits per heavy atom. The van der Waals surface area contributed by atoms with Gasteiger partial charge >= 0.3 is 0 Å². The van der Waals surface area contributed by atoms with Gasteiger partial charge in [0.1, 0.15) is 16.3 Å². The molecule has 0 unspecified atom stereocenters. The van der Waals surface area contributed by atoms with Crippen LogP contribution in [-0.2, 0) is 9.84 Å². The average molecular weight is 501 g/mol. The van der Waals surface area contributed by atoms with E-state index in [1.165, 1.54) is 0 Å². The third-order valence-corrected chi connectivity index (χ3v) is 7.71. The van der Waals surface area contributed by atoms with Crippen LogP contribution in [0.5, 0.6) is 5.75 Å². The molecule has 0 fully saturated rings. The lowest BCUT2D eigenvalue weighted by atomic mass is 10.1. The number of aromatic nitrogens is 2. The highest BCUT2D eigenvalue weighted by molar-refractivity contribution is 7.91. The molecule has 174 valence electrons. The van der Waals surface area contributed by atoms with Gasteiger partial charge in [-0.3, -0.25) is 0 Å². The summed E-state index contributed by atoms with van der Waals surface area (Å²) in [6, 6.07) is 32.2. The number of rotatable bonds is 6. The van der Waals surface area contributed by atoms with Crippen molar-refractivity contribution in [2.75, 3.05) is 7.11 Å². The molecule has 0 spiro atoms. The molecular weight excluding hydrogens is 480 g/mol. The molecule has 0 saturated carbocycles. The Morgan fingerprint density at radius 3 is 1.91 bits per heavy atom. The molecule has 5 nitrogen and oxygen atoms in total. The van der Waals surface area contributed by atoms with E-state index in [-0.39, 0.29) is 9.79 Å². The van der Waals surface area contributed by atoms with Crippen LogP contribution in [0.3, 0.4) is 0 Å². The molecule has 1 heterocycles. The minimum atomic E-state index is -3.96. The van der Waals surface area contributed by atoms with Crippen LogP contribution < -0.4 is 4.74 Å². The first-order valence-electron chi connectivity index (χ1n) is 10.9. The van der Waals surface area contributed by atoms with E-state index in [1.54, 1.807) is 78.5 Å². The highest BCUT2D eigenvalue weighted by atomic mass is 35.5. The van der Waals surface area contributed by atoms with Crippen molar-refractivity contribution in [3.8, 4) is 34.0 Å². The van der Waals surface area contributed by atoms with Gasteiger partial charge in [0.2, 0.25) is 9.84 Å². The Kier molecular flexibility index (Phi) is 6.16. The number of methoxy groups -OCH3 is 1. The maximum atomic E-state index is 14.2. The van der Waals surface area contributed by atoms with Gasteiger partial charge in [0, 0.05) is 16.1 Å². The average Bonchev–Trinajstić information content (AvgIpc) is 3.32. The van der Waals surface area contributed by atoms with Crippen molar-refractivity contribution < 1.29 is 13.2 Å². The molecular formula is C28H21ClN2O3S. The van der Waals surface area contributed by atoms with Gasteiger partial charge in [-0.1, -0.05) is 60.1 Å². The molecule has 5 aromatic rings.